The molecule has 1 N–H and O–H groups in total. The monoisotopic (exact) mass is 167 g/mol. The van der Waals surface area contributed by atoms with Crippen molar-refractivity contribution in [1.82, 2.24) is 4.72 Å². The molecule has 0 aliphatic rings. The van der Waals surface area contributed by atoms with E-state index in [2.05, 4.69) is 35.9 Å². The molecule has 0 unspecified atom stereocenters. The van der Waals surface area contributed by atoms with Crippen molar-refractivity contribution in [2.45, 2.75) is 13.0 Å². The van der Waals surface area contributed by atoms with Crippen LogP contribution in [-0.4, -0.2) is 6.26 Å². The van der Waals surface area contributed by atoms with Crippen molar-refractivity contribution < 1.29 is 0 Å². The highest BCUT2D eigenvalue weighted by Crippen LogP contribution is 2.12. The van der Waals surface area contributed by atoms with Gasteiger partial charge in [0.25, 0.3) is 0 Å². The van der Waals surface area contributed by atoms with Gasteiger partial charge in [-0.3, -0.25) is 4.72 Å². The molecule has 1 aromatic rings. The van der Waals surface area contributed by atoms with Crippen LogP contribution in [0.25, 0.3) is 0 Å². The smallest absolute Gasteiger partial charge is 0.0393 e. The lowest BCUT2D eigenvalue weighted by Gasteiger charge is -2.10. The van der Waals surface area contributed by atoms with Gasteiger partial charge in [-0.05, 0) is 18.7 Å². The van der Waals surface area contributed by atoms with Gasteiger partial charge in [0.05, 0.1) is 0 Å². The summed E-state index contributed by atoms with van der Waals surface area (Å²) in [5.74, 6) is 0. The minimum Gasteiger partial charge on any atom is -0.257 e. The Hall–Kier alpha value is -0.470. The fourth-order valence-electron chi connectivity index (χ4n) is 0.987. The largest absolute Gasteiger partial charge is 0.257 e. The highest BCUT2D eigenvalue weighted by atomic mass is 32.2. The second-order valence-electron chi connectivity index (χ2n) is 2.45. The van der Waals surface area contributed by atoms with Crippen molar-refractivity contribution in [2.75, 3.05) is 6.26 Å². The zero-order valence-corrected chi connectivity index (χ0v) is 7.69. The maximum atomic E-state index is 3.28. The number of nitrogens with one attached hydrogen (secondary N) is 1. The number of benzene rings is 1. The predicted octanol–water partition coefficient (Wildman–Crippen LogP) is 2.62. The molecule has 1 atom stereocenters. The molecule has 0 fully saturated rings. The third-order valence-electron chi connectivity index (χ3n) is 1.59. The molecule has 2 heteroatoms. The van der Waals surface area contributed by atoms with Gasteiger partial charge in [0.1, 0.15) is 0 Å². The Morgan fingerprint density at radius 2 is 1.91 bits per heavy atom. The van der Waals surface area contributed by atoms with Crippen LogP contribution in [0.4, 0.5) is 0 Å². The minimum atomic E-state index is 0.436. The second-order valence-corrected chi connectivity index (χ2v) is 3.10. The lowest BCUT2D eigenvalue weighted by Crippen LogP contribution is -2.08. The number of hydrogen-bond acceptors (Lipinski definition) is 2. The van der Waals surface area contributed by atoms with Crippen LogP contribution in [0.1, 0.15) is 18.5 Å². The molecule has 0 heterocycles. The van der Waals surface area contributed by atoms with Crippen LogP contribution in [0.2, 0.25) is 0 Å². The molecular formula is C9H13NS. The van der Waals surface area contributed by atoms with Crippen LogP contribution in [0, 0.1) is 0 Å². The third-order valence-corrected chi connectivity index (χ3v) is 2.18. The second kappa shape index (κ2) is 4.42. The van der Waals surface area contributed by atoms with E-state index in [4.69, 9.17) is 0 Å². The number of hydrogen-bond donors (Lipinski definition) is 1. The fourth-order valence-corrected chi connectivity index (χ4v) is 1.48. The maximum absolute atomic E-state index is 3.28. The SMILES string of the molecule is CSN[C@@H](C)c1ccccc1. The lowest BCUT2D eigenvalue weighted by atomic mass is 10.1. The summed E-state index contributed by atoms with van der Waals surface area (Å²) in [6.07, 6.45) is 2.04. The van der Waals surface area contributed by atoms with E-state index in [9.17, 15) is 0 Å². The van der Waals surface area contributed by atoms with Crippen LogP contribution in [0.3, 0.4) is 0 Å². The van der Waals surface area contributed by atoms with E-state index in [1.165, 1.54) is 5.56 Å². The first kappa shape index (κ1) is 8.62. The highest BCUT2D eigenvalue weighted by Gasteiger charge is 2.00. The van der Waals surface area contributed by atoms with E-state index in [1.807, 2.05) is 12.3 Å². The first-order valence-electron chi connectivity index (χ1n) is 3.68. The molecule has 60 valence electrons. The van der Waals surface area contributed by atoms with Crippen molar-refractivity contribution >= 4 is 11.9 Å². The highest BCUT2D eigenvalue weighted by molar-refractivity contribution is 7.96. The Labute approximate surface area is 72.3 Å². The van der Waals surface area contributed by atoms with E-state index in [-0.39, 0.29) is 0 Å². The molecular weight excluding hydrogens is 154 g/mol. The van der Waals surface area contributed by atoms with Crippen molar-refractivity contribution in [3.63, 3.8) is 0 Å². The van der Waals surface area contributed by atoms with E-state index in [0.29, 0.717) is 6.04 Å². The van der Waals surface area contributed by atoms with Crippen LogP contribution in [0.15, 0.2) is 30.3 Å². The Balaban J connectivity index is 2.61. The summed E-state index contributed by atoms with van der Waals surface area (Å²) in [4.78, 5) is 0. The molecule has 0 saturated carbocycles. The molecule has 0 aromatic heterocycles. The fraction of sp³-hybridized carbons (Fsp3) is 0.333. The summed E-state index contributed by atoms with van der Waals surface area (Å²) in [5, 5.41) is 0. The summed E-state index contributed by atoms with van der Waals surface area (Å²) < 4.78 is 3.28. The van der Waals surface area contributed by atoms with Crippen LogP contribution in [-0.2, 0) is 0 Å². The van der Waals surface area contributed by atoms with Crippen LogP contribution < -0.4 is 4.72 Å². The van der Waals surface area contributed by atoms with Crippen LogP contribution in [0.5, 0.6) is 0 Å². The summed E-state index contributed by atoms with van der Waals surface area (Å²) in [7, 11) is 0. The molecule has 0 aliphatic heterocycles. The Kier molecular flexibility index (Phi) is 3.46. The van der Waals surface area contributed by atoms with Gasteiger partial charge in [0.2, 0.25) is 0 Å². The van der Waals surface area contributed by atoms with E-state index < -0.39 is 0 Å². The lowest BCUT2D eigenvalue weighted by molar-refractivity contribution is 0.756. The Morgan fingerprint density at radius 3 is 2.45 bits per heavy atom. The summed E-state index contributed by atoms with van der Waals surface area (Å²) in [5.41, 5.74) is 1.34. The van der Waals surface area contributed by atoms with E-state index in [1.54, 1.807) is 11.9 Å². The minimum absolute atomic E-state index is 0.436. The van der Waals surface area contributed by atoms with E-state index in [0.717, 1.165) is 0 Å². The van der Waals surface area contributed by atoms with Gasteiger partial charge in [-0.2, -0.15) is 0 Å². The molecule has 1 nitrogen and oxygen atoms in total. The van der Waals surface area contributed by atoms with Gasteiger partial charge < -0.3 is 0 Å². The van der Waals surface area contributed by atoms with Gasteiger partial charge in [-0.25, -0.2) is 0 Å². The van der Waals surface area contributed by atoms with Gasteiger partial charge in [0.15, 0.2) is 0 Å². The molecule has 0 spiro atoms. The summed E-state index contributed by atoms with van der Waals surface area (Å²) >= 11 is 1.65. The zero-order valence-electron chi connectivity index (χ0n) is 6.87. The van der Waals surface area contributed by atoms with Gasteiger partial charge in [-0.15, -0.1) is 0 Å². The first-order chi connectivity index (χ1) is 5.34. The first-order valence-corrected chi connectivity index (χ1v) is 4.90. The Morgan fingerprint density at radius 1 is 1.27 bits per heavy atom. The normalized spacial score (nSPS) is 12.9. The van der Waals surface area contributed by atoms with Crippen molar-refractivity contribution in [3.8, 4) is 0 Å². The molecule has 0 bridgehead atoms. The third kappa shape index (κ3) is 2.56. The average molecular weight is 167 g/mol. The zero-order chi connectivity index (χ0) is 8.10. The Bertz CT molecular complexity index is 198. The average Bonchev–Trinajstić information content (AvgIpc) is 2.07. The standard InChI is InChI=1S/C9H13NS/c1-8(10-11-2)9-6-4-3-5-7-9/h3-8,10H,1-2H3/t8-/m0/s1. The predicted molar refractivity (Wildman–Crippen MR) is 51.5 cm³/mol. The molecule has 1 rings (SSSR count). The maximum Gasteiger partial charge on any atom is 0.0393 e. The number of rotatable bonds is 3. The van der Waals surface area contributed by atoms with Gasteiger partial charge in [-0.1, -0.05) is 42.3 Å². The molecule has 0 saturated heterocycles. The quantitative estimate of drug-likeness (QED) is 0.694. The molecule has 11 heavy (non-hydrogen) atoms. The topological polar surface area (TPSA) is 12.0 Å². The summed E-state index contributed by atoms with van der Waals surface area (Å²) in [6.45, 7) is 2.16. The van der Waals surface area contributed by atoms with Crippen molar-refractivity contribution in [2.24, 2.45) is 0 Å². The van der Waals surface area contributed by atoms with Crippen LogP contribution >= 0.6 is 11.9 Å². The van der Waals surface area contributed by atoms with Crippen molar-refractivity contribution in [3.05, 3.63) is 35.9 Å². The van der Waals surface area contributed by atoms with Gasteiger partial charge >= 0.3 is 0 Å². The van der Waals surface area contributed by atoms with E-state index >= 15 is 0 Å². The van der Waals surface area contributed by atoms with Crippen molar-refractivity contribution in [1.29, 1.82) is 0 Å². The molecule has 0 amide bonds. The van der Waals surface area contributed by atoms with Gasteiger partial charge in [0, 0.05) is 6.04 Å². The molecule has 0 aliphatic carbocycles. The molecule has 0 radical (unpaired) electrons. The molecule has 1 aromatic carbocycles. The summed E-state index contributed by atoms with van der Waals surface area (Å²) in [6, 6.07) is 10.9.